The monoisotopic (exact) mass is 313 g/mol. The predicted octanol–water partition coefficient (Wildman–Crippen LogP) is 4.85. The molecule has 0 bridgehead atoms. The van der Waals surface area contributed by atoms with E-state index in [9.17, 15) is 9.90 Å². The van der Waals surface area contributed by atoms with E-state index in [0.29, 0.717) is 12.0 Å². The first-order valence-corrected chi connectivity index (χ1v) is 7.43. The summed E-state index contributed by atoms with van der Waals surface area (Å²) in [5.74, 6) is -0.0881. The average Bonchev–Trinajstić information content (AvgIpc) is 2.36. The number of hydrogen-bond donors (Lipinski definition) is 2. The van der Waals surface area contributed by atoms with Crippen LogP contribution in [0.5, 0.6) is 5.75 Å². The van der Waals surface area contributed by atoms with Crippen LogP contribution in [0, 0.1) is 0 Å². The fourth-order valence-electron chi connectivity index (χ4n) is 2.15. The molecule has 3 N–H and O–H groups in total. The summed E-state index contributed by atoms with van der Waals surface area (Å²) in [4.78, 5) is 12.2. The Morgan fingerprint density at radius 3 is 2.33 bits per heavy atom. The Balaban J connectivity index is 0.00000400. The third-order valence-corrected chi connectivity index (χ3v) is 3.56. The van der Waals surface area contributed by atoms with E-state index < -0.39 is 0 Å². The highest BCUT2D eigenvalue weighted by Crippen LogP contribution is 2.33. The number of phenols is 1. The standard InChI is InChI=1S/C17H27NO2.ClH/c1-5-6-7-8-9-15(19)13-10-12(17(2,3)4)11-14(18)16(13)20;/h10-11,20H,5-9,18H2,1-4H3;1H. The molecule has 0 heterocycles. The van der Waals surface area contributed by atoms with Gasteiger partial charge in [0.05, 0.1) is 11.3 Å². The minimum Gasteiger partial charge on any atom is -0.505 e. The minimum atomic E-state index is -0.0982. The Kier molecular flexibility index (Phi) is 7.80. The largest absolute Gasteiger partial charge is 0.505 e. The molecule has 0 amide bonds. The van der Waals surface area contributed by atoms with Crippen molar-refractivity contribution in [2.75, 3.05) is 5.73 Å². The maximum atomic E-state index is 12.2. The third-order valence-electron chi connectivity index (χ3n) is 3.56. The molecule has 0 fully saturated rings. The maximum Gasteiger partial charge on any atom is 0.166 e. The van der Waals surface area contributed by atoms with E-state index in [0.717, 1.165) is 31.2 Å². The van der Waals surface area contributed by atoms with Crippen molar-refractivity contribution < 1.29 is 9.90 Å². The molecule has 0 aliphatic carbocycles. The summed E-state index contributed by atoms with van der Waals surface area (Å²) >= 11 is 0. The number of halogens is 1. The normalized spacial score (nSPS) is 11.0. The number of nitrogen functional groups attached to an aromatic ring is 1. The summed E-state index contributed by atoms with van der Waals surface area (Å²) < 4.78 is 0. The van der Waals surface area contributed by atoms with Gasteiger partial charge in [-0.05, 0) is 29.5 Å². The molecule has 1 aromatic carbocycles. The van der Waals surface area contributed by atoms with E-state index in [-0.39, 0.29) is 35.0 Å². The molecule has 0 saturated heterocycles. The van der Waals surface area contributed by atoms with E-state index >= 15 is 0 Å². The summed E-state index contributed by atoms with van der Waals surface area (Å²) in [7, 11) is 0. The summed E-state index contributed by atoms with van der Waals surface area (Å²) in [5.41, 5.74) is 7.36. The number of benzene rings is 1. The molecule has 0 radical (unpaired) electrons. The summed E-state index contributed by atoms with van der Waals surface area (Å²) in [6.07, 6.45) is 4.68. The van der Waals surface area contributed by atoms with Gasteiger partial charge in [-0.25, -0.2) is 0 Å². The lowest BCUT2D eigenvalue weighted by atomic mass is 9.84. The molecule has 0 aromatic heterocycles. The Hall–Kier alpha value is -1.22. The molecular weight excluding hydrogens is 286 g/mol. The Bertz CT molecular complexity index is 478. The number of rotatable bonds is 6. The molecule has 0 unspecified atom stereocenters. The Morgan fingerprint density at radius 2 is 1.81 bits per heavy atom. The van der Waals surface area contributed by atoms with Crippen LogP contribution in [0.2, 0.25) is 0 Å². The average molecular weight is 314 g/mol. The number of phenolic OH excluding ortho intramolecular Hbond substituents is 1. The molecule has 0 spiro atoms. The zero-order chi connectivity index (χ0) is 15.3. The highest BCUT2D eigenvalue weighted by Gasteiger charge is 2.20. The van der Waals surface area contributed by atoms with Crippen molar-refractivity contribution in [3.63, 3.8) is 0 Å². The van der Waals surface area contributed by atoms with Crippen molar-refractivity contribution in [3.8, 4) is 5.75 Å². The van der Waals surface area contributed by atoms with Gasteiger partial charge in [-0.1, -0.05) is 47.0 Å². The smallest absolute Gasteiger partial charge is 0.166 e. The third kappa shape index (κ3) is 5.58. The fourth-order valence-corrected chi connectivity index (χ4v) is 2.15. The van der Waals surface area contributed by atoms with Crippen LogP contribution in [0.25, 0.3) is 0 Å². The van der Waals surface area contributed by atoms with Gasteiger partial charge in [0.2, 0.25) is 0 Å². The van der Waals surface area contributed by atoms with Crippen molar-refractivity contribution in [1.82, 2.24) is 0 Å². The van der Waals surface area contributed by atoms with Gasteiger partial charge in [0.25, 0.3) is 0 Å². The van der Waals surface area contributed by atoms with E-state index in [1.54, 1.807) is 12.1 Å². The first kappa shape index (κ1) is 19.8. The molecule has 1 aromatic rings. The van der Waals surface area contributed by atoms with Gasteiger partial charge in [-0.3, -0.25) is 4.79 Å². The second kappa shape index (κ2) is 8.28. The number of aromatic hydroxyl groups is 1. The van der Waals surface area contributed by atoms with Crippen molar-refractivity contribution in [1.29, 1.82) is 0 Å². The molecular formula is C17H28ClNO2. The van der Waals surface area contributed by atoms with Gasteiger partial charge in [0, 0.05) is 6.42 Å². The van der Waals surface area contributed by atoms with Crippen molar-refractivity contribution >= 4 is 23.9 Å². The molecule has 0 aliphatic rings. The molecule has 120 valence electrons. The second-order valence-corrected chi connectivity index (χ2v) is 6.45. The fraction of sp³-hybridized carbons (Fsp3) is 0.588. The number of ketones is 1. The summed E-state index contributed by atoms with van der Waals surface area (Å²) in [6, 6.07) is 3.54. The van der Waals surface area contributed by atoms with E-state index in [1.165, 1.54) is 0 Å². The zero-order valence-electron chi connectivity index (χ0n) is 13.5. The van der Waals surface area contributed by atoms with Gasteiger partial charge in [0.15, 0.2) is 5.78 Å². The number of hydrogen-bond acceptors (Lipinski definition) is 3. The molecule has 3 nitrogen and oxygen atoms in total. The van der Waals surface area contributed by atoms with Crippen LogP contribution in [0.3, 0.4) is 0 Å². The number of unbranched alkanes of at least 4 members (excludes halogenated alkanes) is 3. The SMILES string of the molecule is CCCCCCC(=O)c1cc(C(C)(C)C)cc(N)c1O.Cl. The number of Topliss-reactive ketones (excluding diaryl/α,β-unsaturated/α-hetero) is 1. The second-order valence-electron chi connectivity index (χ2n) is 6.45. The Labute approximate surface area is 134 Å². The number of anilines is 1. The lowest BCUT2D eigenvalue weighted by Gasteiger charge is -2.21. The van der Waals surface area contributed by atoms with Crippen LogP contribution in [-0.2, 0) is 5.41 Å². The Morgan fingerprint density at radius 1 is 1.19 bits per heavy atom. The van der Waals surface area contributed by atoms with Gasteiger partial charge in [-0.2, -0.15) is 0 Å². The summed E-state index contributed by atoms with van der Waals surface area (Å²) in [6.45, 7) is 8.33. The van der Waals surface area contributed by atoms with Gasteiger partial charge >= 0.3 is 0 Å². The quantitative estimate of drug-likeness (QED) is 0.341. The summed E-state index contributed by atoms with van der Waals surface area (Å²) in [5, 5.41) is 10.0. The highest BCUT2D eigenvalue weighted by molar-refractivity contribution is 6.00. The first-order valence-electron chi connectivity index (χ1n) is 7.43. The van der Waals surface area contributed by atoms with Gasteiger partial charge in [0.1, 0.15) is 5.75 Å². The molecule has 1 rings (SSSR count). The van der Waals surface area contributed by atoms with Crippen LogP contribution in [-0.4, -0.2) is 10.9 Å². The van der Waals surface area contributed by atoms with E-state index in [4.69, 9.17) is 5.73 Å². The van der Waals surface area contributed by atoms with Crippen LogP contribution in [0.4, 0.5) is 5.69 Å². The lowest BCUT2D eigenvalue weighted by Crippen LogP contribution is -2.13. The van der Waals surface area contributed by atoms with Crippen molar-refractivity contribution in [2.45, 2.75) is 65.2 Å². The van der Waals surface area contributed by atoms with Gasteiger partial charge < -0.3 is 10.8 Å². The molecule has 21 heavy (non-hydrogen) atoms. The van der Waals surface area contributed by atoms with Crippen molar-refractivity contribution in [3.05, 3.63) is 23.3 Å². The lowest BCUT2D eigenvalue weighted by molar-refractivity contribution is 0.0976. The molecule has 0 saturated carbocycles. The minimum absolute atomic E-state index is 0. The molecule has 0 atom stereocenters. The van der Waals surface area contributed by atoms with E-state index in [1.807, 2.05) is 0 Å². The molecule has 0 aliphatic heterocycles. The first-order chi connectivity index (χ1) is 9.27. The van der Waals surface area contributed by atoms with E-state index in [2.05, 4.69) is 27.7 Å². The number of carbonyl (C=O) groups excluding carboxylic acids is 1. The van der Waals surface area contributed by atoms with Crippen LogP contribution in [0.15, 0.2) is 12.1 Å². The molecule has 4 heteroatoms. The van der Waals surface area contributed by atoms with Gasteiger partial charge in [-0.15, -0.1) is 12.4 Å². The number of carbonyl (C=O) groups is 1. The zero-order valence-corrected chi connectivity index (χ0v) is 14.3. The number of nitrogens with two attached hydrogens (primary N) is 1. The highest BCUT2D eigenvalue weighted by atomic mass is 35.5. The van der Waals surface area contributed by atoms with Crippen LogP contribution >= 0.6 is 12.4 Å². The topological polar surface area (TPSA) is 63.3 Å². The van der Waals surface area contributed by atoms with Crippen molar-refractivity contribution in [2.24, 2.45) is 0 Å². The maximum absolute atomic E-state index is 12.2. The van der Waals surface area contributed by atoms with Crippen LogP contribution < -0.4 is 5.73 Å². The van der Waals surface area contributed by atoms with Crippen LogP contribution in [0.1, 0.15) is 75.7 Å². The predicted molar refractivity (Wildman–Crippen MR) is 91.6 cm³/mol.